The van der Waals surface area contributed by atoms with Crippen molar-refractivity contribution in [1.82, 2.24) is 0 Å². The number of carbonyl (C=O) groups excluding carboxylic acids is 1. The molecule has 6 nitrogen and oxygen atoms in total. The Labute approximate surface area is 245 Å². The molecule has 42 heavy (non-hydrogen) atoms. The lowest BCUT2D eigenvalue weighted by Gasteiger charge is -2.25. The van der Waals surface area contributed by atoms with Crippen LogP contribution in [0.1, 0.15) is 21.5 Å². The summed E-state index contributed by atoms with van der Waals surface area (Å²) in [6.07, 6.45) is 0.235. The van der Waals surface area contributed by atoms with E-state index in [4.69, 9.17) is 4.74 Å². The smallest absolute Gasteiger partial charge is 0.326 e. The Balaban J connectivity index is 1.22. The summed E-state index contributed by atoms with van der Waals surface area (Å²) in [4.78, 5) is 27.5. The van der Waals surface area contributed by atoms with Crippen molar-refractivity contribution in [2.45, 2.75) is 12.5 Å². The second-order valence-corrected chi connectivity index (χ2v) is 9.80. The van der Waals surface area contributed by atoms with E-state index in [1.54, 1.807) is 48.5 Å². The van der Waals surface area contributed by atoms with E-state index in [-0.39, 0.29) is 12.2 Å². The number of carboxylic acids is 1. The average Bonchev–Trinajstić information content (AvgIpc) is 3.04. The van der Waals surface area contributed by atoms with Crippen LogP contribution < -0.4 is 15.0 Å². The van der Waals surface area contributed by atoms with Crippen LogP contribution in [-0.4, -0.2) is 36.1 Å². The number of aliphatic carboxylic acids is 1. The quantitative estimate of drug-likeness (QED) is 0.149. The van der Waals surface area contributed by atoms with Gasteiger partial charge in [0.25, 0.3) is 0 Å². The molecule has 0 aliphatic carbocycles. The van der Waals surface area contributed by atoms with Crippen LogP contribution in [0.25, 0.3) is 0 Å². The van der Waals surface area contributed by atoms with Gasteiger partial charge >= 0.3 is 5.97 Å². The zero-order valence-electron chi connectivity index (χ0n) is 23.1. The topological polar surface area (TPSA) is 78.9 Å². The summed E-state index contributed by atoms with van der Waals surface area (Å²) in [5.41, 5.74) is 4.47. The Bertz CT molecular complexity index is 1550. The Morgan fingerprint density at radius 2 is 1.24 bits per heavy atom. The first-order chi connectivity index (χ1) is 20.6. The molecule has 0 saturated heterocycles. The second-order valence-electron chi connectivity index (χ2n) is 9.80. The number of ether oxygens (including phenoxy) is 1. The molecule has 2 N–H and O–H groups in total. The van der Waals surface area contributed by atoms with Crippen LogP contribution in [0.5, 0.6) is 5.75 Å². The molecule has 0 spiro atoms. The predicted molar refractivity (Wildman–Crippen MR) is 167 cm³/mol. The van der Waals surface area contributed by atoms with Crippen molar-refractivity contribution in [2.24, 2.45) is 0 Å². The van der Waals surface area contributed by atoms with Gasteiger partial charge < -0.3 is 20.1 Å². The zero-order valence-corrected chi connectivity index (χ0v) is 23.1. The Hall–Kier alpha value is -5.36. The van der Waals surface area contributed by atoms with Crippen LogP contribution in [0.2, 0.25) is 0 Å². The van der Waals surface area contributed by atoms with Gasteiger partial charge in [0.15, 0.2) is 5.78 Å². The fraction of sp³-hybridized carbons (Fsp3) is 0.111. The summed E-state index contributed by atoms with van der Waals surface area (Å²) in [6, 6.07) is 42.9. The van der Waals surface area contributed by atoms with Gasteiger partial charge in [0.1, 0.15) is 18.4 Å². The van der Waals surface area contributed by atoms with Gasteiger partial charge in [-0.25, -0.2) is 4.79 Å². The number of carbonyl (C=O) groups is 2. The molecule has 0 radical (unpaired) electrons. The lowest BCUT2D eigenvalue weighted by molar-refractivity contribution is -0.137. The van der Waals surface area contributed by atoms with Gasteiger partial charge in [0.05, 0.1) is 6.54 Å². The SMILES string of the molecule is O=C(c1ccccc1)c1ccccc1NC(Cc1ccc(OCCN(c2ccccc2)c2ccccc2)cc1)C(=O)O. The third kappa shape index (κ3) is 7.23. The summed E-state index contributed by atoms with van der Waals surface area (Å²) in [6.45, 7) is 1.12. The van der Waals surface area contributed by atoms with Crippen molar-refractivity contribution in [1.29, 1.82) is 0 Å². The fourth-order valence-electron chi connectivity index (χ4n) is 4.78. The summed E-state index contributed by atoms with van der Waals surface area (Å²) in [7, 11) is 0. The van der Waals surface area contributed by atoms with Crippen molar-refractivity contribution in [3.05, 3.63) is 156 Å². The van der Waals surface area contributed by atoms with E-state index < -0.39 is 12.0 Å². The molecule has 0 saturated carbocycles. The third-order valence-electron chi connectivity index (χ3n) is 6.92. The van der Waals surface area contributed by atoms with Crippen molar-refractivity contribution >= 4 is 28.8 Å². The number of anilines is 3. The summed E-state index contributed by atoms with van der Waals surface area (Å²) < 4.78 is 6.06. The van der Waals surface area contributed by atoms with Gasteiger partial charge in [0, 0.05) is 34.6 Å². The third-order valence-corrected chi connectivity index (χ3v) is 6.92. The standard InChI is InChI=1S/C36H32N2O4/c39-35(28-12-4-1-5-13-28)32-18-10-11-19-33(32)37-34(36(40)41)26-27-20-22-31(23-21-27)42-25-24-38(29-14-6-2-7-15-29)30-16-8-3-9-17-30/h1-23,34,37H,24-26H2,(H,40,41). The Morgan fingerprint density at radius 3 is 1.83 bits per heavy atom. The zero-order chi connectivity index (χ0) is 29.1. The van der Waals surface area contributed by atoms with Gasteiger partial charge in [-0.3, -0.25) is 4.79 Å². The summed E-state index contributed by atoms with van der Waals surface area (Å²) in [5, 5.41) is 13.1. The minimum Gasteiger partial charge on any atom is -0.492 e. The lowest BCUT2D eigenvalue weighted by atomic mass is 10.00. The molecule has 5 aromatic carbocycles. The maximum Gasteiger partial charge on any atom is 0.326 e. The number of hydrogen-bond acceptors (Lipinski definition) is 5. The lowest BCUT2D eigenvalue weighted by Crippen LogP contribution is -2.32. The molecule has 0 aliphatic heterocycles. The number of hydrogen-bond donors (Lipinski definition) is 2. The minimum atomic E-state index is -1.00. The molecule has 0 bridgehead atoms. The van der Waals surface area contributed by atoms with Gasteiger partial charge in [-0.05, 0) is 54.1 Å². The monoisotopic (exact) mass is 556 g/mol. The largest absolute Gasteiger partial charge is 0.492 e. The maximum atomic E-state index is 13.1. The van der Waals surface area contributed by atoms with E-state index in [1.807, 2.05) is 66.7 Å². The number of rotatable bonds is 13. The molecule has 6 heteroatoms. The molecular weight excluding hydrogens is 524 g/mol. The van der Waals surface area contributed by atoms with Crippen molar-refractivity contribution in [3.63, 3.8) is 0 Å². The van der Waals surface area contributed by atoms with Gasteiger partial charge in [0.2, 0.25) is 0 Å². The molecule has 210 valence electrons. The highest BCUT2D eigenvalue weighted by Crippen LogP contribution is 2.25. The molecular formula is C36H32N2O4. The minimum absolute atomic E-state index is 0.164. The van der Waals surface area contributed by atoms with E-state index in [0.717, 1.165) is 16.9 Å². The first-order valence-electron chi connectivity index (χ1n) is 13.9. The Kier molecular flexibility index (Phi) is 9.27. The molecule has 0 aromatic heterocycles. The van der Waals surface area contributed by atoms with Crippen LogP contribution in [0.4, 0.5) is 17.1 Å². The molecule has 5 rings (SSSR count). The number of nitrogens with one attached hydrogen (secondary N) is 1. The van der Waals surface area contributed by atoms with Crippen LogP contribution in [0.15, 0.2) is 140 Å². The normalized spacial score (nSPS) is 11.3. The van der Waals surface area contributed by atoms with E-state index in [9.17, 15) is 14.7 Å². The van der Waals surface area contributed by atoms with Crippen molar-refractivity contribution < 1.29 is 19.4 Å². The van der Waals surface area contributed by atoms with Gasteiger partial charge in [-0.2, -0.15) is 0 Å². The van der Waals surface area contributed by atoms with Crippen molar-refractivity contribution in [3.8, 4) is 5.75 Å². The highest BCUT2D eigenvalue weighted by Gasteiger charge is 2.21. The fourth-order valence-corrected chi connectivity index (χ4v) is 4.78. The maximum absolute atomic E-state index is 13.1. The molecule has 0 amide bonds. The molecule has 1 unspecified atom stereocenters. The first-order valence-corrected chi connectivity index (χ1v) is 13.9. The molecule has 5 aromatic rings. The molecule has 0 fully saturated rings. The van der Waals surface area contributed by atoms with E-state index in [0.29, 0.717) is 35.7 Å². The van der Waals surface area contributed by atoms with Crippen LogP contribution in [0, 0.1) is 0 Å². The predicted octanol–water partition coefficient (Wildman–Crippen LogP) is 7.24. The highest BCUT2D eigenvalue weighted by atomic mass is 16.5. The van der Waals surface area contributed by atoms with Crippen LogP contribution in [0.3, 0.4) is 0 Å². The molecule has 0 aliphatic rings. The molecule has 0 heterocycles. The number of ketones is 1. The number of para-hydroxylation sites is 3. The molecule has 1 atom stereocenters. The summed E-state index contributed by atoms with van der Waals surface area (Å²) >= 11 is 0. The van der Waals surface area contributed by atoms with Crippen LogP contribution >= 0.6 is 0 Å². The van der Waals surface area contributed by atoms with Crippen molar-refractivity contribution in [2.75, 3.05) is 23.4 Å². The van der Waals surface area contributed by atoms with Crippen LogP contribution in [-0.2, 0) is 11.2 Å². The Morgan fingerprint density at radius 1 is 0.690 bits per heavy atom. The number of nitrogens with zero attached hydrogens (tertiary/aromatic N) is 1. The van der Waals surface area contributed by atoms with Gasteiger partial charge in [-0.15, -0.1) is 0 Å². The summed E-state index contributed by atoms with van der Waals surface area (Å²) in [5.74, 6) is -0.458. The second kappa shape index (κ2) is 13.8. The van der Waals surface area contributed by atoms with E-state index in [1.165, 1.54) is 0 Å². The van der Waals surface area contributed by atoms with E-state index >= 15 is 0 Å². The highest BCUT2D eigenvalue weighted by molar-refractivity contribution is 6.12. The first kappa shape index (κ1) is 28.2. The average molecular weight is 557 g/mol. The number of benzene rings is 5. The van der Waals surface area contributed by atoms with Gasteiger partial charge in [-0.1, -0.05) is 91.0 Å². The van der Waals surface area contributed by atoms with E-state index in [2.05, 4.69) is 34.5 Å². The number of carboxylic acid groups (broad SMARTS) is 1.